The number of nitrogens with two attached hydrogens (primary N) is 2. The second kappa shape index (κ2) is 4.49. The van der Waals surface area contributed by atoms with Gasteiger partial charge in [-0.15, -0.1) is 0 Å². The third-order valence-electron chi connectivity index (χ3n) is 1.94. The Morgan fingerprint density at radius 2 is 2.21 bits per heavy atom. The minimum absolute atomic E-state index is 0.246. The maximum absolute atomic E-state index is 8.79. The monoisotopic (exact) mass is 191 g/mol. The summed E-state index contributed by atoms with van der Waals surface area (Å²) in [6.45, 7) is 2.66. The summed E-state index contributed by atoms with van der Waals surface area (Å²) in [5.41, 5.74) is 12.9. The van der Waals surface area contributed by atoms with Gasteiger partial charge < -0.3 is 16.2 Å². The molecule has 0 aromatic heterocycles. The molecule has 0 aliphatic rings. The van der Waals surface area contributed by atoms with Crippen LogP contribution >= 0.6 is 0 Å². The number of rotatable bonds is 3. The zero-order valence-electron chi connectivity index (χ0n) is 8.08. The standard InChI is InChI=1S/C10H13N3O/c1-2-14-9-4-3-7(5-11)8(6-12)10(9)13/h3-4H,2,6,12-13H2,1H3. The average Bonchev–Trinajstić information content (AvgIpc) is 2.21. The van der Waals surface area contributed by atoms with E-state index in [0.717, 1.165) is 0 Å². The predicted molar refractivity (Wildman–Crippen MR) is 54.6 cm³/mol. The van der Waals surface area contributed by atoms with Crippen molar-refractivity contribution in [2.75, 3.05) is 12.3 Å². The number of nitrogen functional groups attached to an aromatic ring is 1. The van der Waals surface area contributed by atoms with Crippen molar-refractivity contribution in [3.05, 3.63) is 23.3 Å². The molecule has 0 heterocycles. The molecule has 4 heteroatoms. The highest BCUT2D eigenvalue weighted by molar-refractivity contribution is 5.63. The zero-order valence-corrected chi connectivity index (χ0v) is 8.08. The third-order valence-corrected chi connectivity index (χ3v) is 1.94. The number of nitriles is 1. The van der Waals surface area contributed by atoms with Crippen molar-refractivity contribution < 1.29 is 4.74 Å². The molecule has 0 saturated carbocycles. The predicted octanol–water partition coefficient (Wildman–Crippen LogP) is 0.998. The quantitative estimate of drug-likeness (QED) is 0.698. The molecule has 0 aliphatic carbocycles. The van der Waals surface area contributed by atoms with E-state index in [4.69, 9.17) is 21.5 Å². The summed E-state index contributed by atoms with van der Waals surface area (Å²) in [5.74, 6) is 0.590. The van der Waals surface area contributed by atoms with Gasteiger partial charge in [0.15, 0.2) is 0 Å². The molecule has 0 spiro atoms. The van der Waals surface area contributed by atoms with E-state index in [1.807, 2.05) is 13.0 Å². The van der Waals surface area contributed by atoms with Crippen LogP contribution in [0.5, 0.6) is 5.75 Å². The highest BCUT2D eigenvalue weighted by Gasteiger charge is 2.09. The summed E-state index contributed by atoms with van der Waals surface area (Å²) < 4.78 is 5.29. The van der Waals surface area contributed by atoms with Crippen molar-refractivity contribution in [3.8, 4) is 11.8 Å². The van der Waals surface area contributed by atoms with E-state index in [1.54, 1.807) is 12.1 Å². The van der Waals surface area contributed by atoms with Crippen LogP contribution in [0.1, 0.15) is 18.1 Å². The van der Waals surface area contributed by atoms with Gasteiger partial charge in [-0.05, 0) is 19.1 Å². The van der Waals surface area contributed by atoms with Crippen LogP contribution in [0.2, 0.25) is 0 Å². The molecule has 14 heavy (non-hydrogen) atoms. The van der Waals surface area contributed by atoms with Crippen molar-refractivity contribution >= 4 is 5.69 Å². The number of anilines is 1. The Labute approximate surface area is 83.1 Å². The Balaban J connectivity index is 3.22. The van der Waals surface area contributed by atoms with E-state index in [1.165, 1.54) is 0 Å². The van der Waals surface area contributed by atoms with Gasteiger partial charge in [-0.2, -0.15) is 5.26 Å². The van der Waals surface area contributed by atoms with Crippen LogP contribution in [0.4, 0.5) is 5.69 Å². The Hall–Kier alpha value is -1.73. The van der Waals surface area contributed by atoms with E-state index < -0.39 is 0 Å². The molecule has 0 amide bonds. The molecule has 4 nitrogen and oxygen atoms in total. The topological polar surface area (TPSA) is 85.1 Å². The zero-order chi connectivity index (χ0) is 10.6. The van der Waals surface area contributed by atoms with E-state index in [2.05, 4.69) is 0 Å². The Bertz CT molecular complexity index is 368. The number of hydrogen-bond acceptors (Lipinski definition) is 4. The fraction of sp³-hybridized carbons (Fsp3) is 0.300. The second-order valence-corrected chi connectivity index (χ2v) is 2.75. The maximum Gasteiger partial charge on any atom is 0.142 e. The molecule has 1 aromatic rings. The molecule has 0 saturated heterocycles. The van der Waals surface area contributed by atoms with Gasteiger partial charge in [-0.1, -0.05) is 0 Å². The van der Waals surface area contributed by atoms with E-state index >= 15 is 0 Å². The fourth-order valence-electron chi connectivity index (χ4n) is 1.25. The Kier molecular flexibility index (Phi) is 3.32. The summed E-state index contributed by atoms with van der Waals surface area (Å²) in [7, 11) is 0. The summed E-state index contributed by atoms with van der Waals surface area (Å²) in [4.78, 5) is 0. The van der Waals surface area contributed by atoms with Crippen LogP contribution < -0.4 is 16.2 Å². The molecule has 4 N–H and O–H groups in total. The highest BCUT2D eigenvalue weighted by Crippen LogP contribution is 2.27. The van der Waals surface area contributed by atoms with E-state index in [-0.39, 0.29) is 6.54 Å². The van der Waals surface area contributed by atoms with Crippen molar-refractivity contribution in [1.82, 2.24) is 0 Å². The van der Waals surface area contributed by atoms with Gasteiger partial charge in [-0.3, -0.25) is 0 Å². The average molecular weight is 191 g/mol. The van der Waals surface area contributed by atoms with Crippen LogP contribution in [0.15, 0.2) is 12.1 Å². The number of benzene rings is 1. The molecule has 74 valence electrons. The van der Waals surface area contributed by atoms with Crippen molar-refractivity contribution in [3.63, 3.8) is 0 Å². The lowest BCUT2D eigenvalue weighted by atomic mass is 10.1. The van der Waals surface area contributed by atoms with Crippen LogP contribution in [0.25, 0.3) is 0 Å². The van der Waals surface area contributed by atoms with Crippen LogP contribution in [-0.4, -0.2) is 6.61 Å². The van der Waals surface area contributed by atoms with Crippen molar-refractivity contribution in [1.29, 1.82) is 5.26 Å². The lowest BCUT2D eigenvalue weighted by Gasteiger charge is -2.11. The Morgan fingerprint density at radius 1 is 1.50 bits per heavy atom. The lowest BCUT2D eigenvalue weighted by Crippen LogP contribution is -2.07. The fourth-order valence-corrected chi connectivity index (χ4v) is 1.25. The smallest absolute Gasteiger partial charge is 0.142 e. The van der Waals surface area contributed by atoms with Gasteiger partial charge in [0.2, 0.25) is 0 Å². The van der Waals surface area contributed by atoms with Gasteiger partial charge >= 0.3 is 0 Å². The molecule has 0 radical (unpaired) electrons. The van der Waals surface area contributed by atoms with Gasteiger partial charge in [0.05, 0.1) is 23.9 Å². The molecule has 1 aromatic carbocycles. The van der Waals surface area contributed by atoms with Crippen LogP contribution in [0, 0.1) is 11.3 Å². The normalized spacial score (nSPS) is 9.50. The molecule has 1 rings (SSSR count). The number of nitrogens with zero attached hydrogens (tertiary/aromatic N) is 1. The Morgan fingerprint density at radius 3 is 2.71 bits per heavy atom. The molecule has 0 bridgehead atoms. The molecule has 0 aliphatic heterocycles. The highest BCUT2D eigenvalue weighted by atomic mass is 16.5. The summed E-state index contributed by atoms with van der Waals surface area (Å²) in [5, 5.41) is 8.79. The minimum atomic E-state index is 0.246. The van der Waals surface area contributed by atoms with Gasteiger partial charge in [0, 0.05) is 12.1 Å². The van der Waals surface area contributed by atoms with Gasteiger partial charge in [0.25, 0.3) is 0 Å². The third kappa shape index (κ3) is 1.78. The van der Waals surface area contributed by atoms with Crippen LogP contribution in [0.3, 0.4) is 0 Å². The number of ether oxygens (including phenoxy) is 1. The summed E-state index contributed by atoms with van der Waals surface area (Å²) in [6, 6.07) is 5.40. The largest absolute Gasteiger partial charge is 0.492 e. The van der Waals surface area contributed by atoms with Gasteiger partial charge in [0.1, 0.15) is 5.75 Å². The molecule has 0 atom stereocenters. The molecule has 0 unspecified atom stereocenters. The molecular formula is C10H13N3O. The van der Waals surface area contributed by atoms with E-state index in [9.17, 15) is 0 Å². The summed E-state index contributed by atoms with van der Waals surface area (Å²) >= 11 is 0. The van der Waals surface area contributed by atoms with Gasteiger partial charge in [-0.25, -0.2) is 0 Å². The van der Waals surface area contributed by atoms with E-state index in [0.29, 0.717) is 29.2 Å². The lowest BCUT2D eigenvalue weighted by molar-refractivity contribution is 0.342. The van der Waals surface area contributed by atoms with Crippen molar-refractivity contribution in [2.45, 2.75) is 13.5 Å². The van der Waals surface area contributed by atoms with Crippen molar-refractivity contribution in [2.24, 2.45) is 5.73 Å². The second-order valence-electron chi connectivity index (χ2n) is 2.75. The minimum Gasteiger partial charge on any atom is -0.492 e. The molecule has 0 fully saturated rings. The number of hydrogen-bond donors (Lipinski definition) is 2. The first-order chi connectivity index (χ1) is 6.74. The SMILES string of the molecule is CCOc1ccc(C#N)c(CN)c1N. The summed E-state index contributed by atoms with van der Waals surface area (Å²) in [6.07, 6.45) is 0. The first kappa shape index (κ1) is 10.4. The van der Waals surface area contributed by atoms with Crippen LogP contribution in [-0.2, 0) is 6.54 Å². The first-order valence-corrected chi connectivity index (χ1v) is 4.38. The maximum atomic E-state index is 8.79. The first-order valence-electron chi connectivity index (χ1n) is 4.38. The molecular weight excluding hydrogens is 178 g/mol.